The molecule has 0 unspecified atom stereocenters. The highest BCUT2D eigenvalue weighted by molar-refractivity contribution is 7.90. The molecule has 8 nitrogen and oxygen atoms in total. The number of hydrogen-bond donors (Lipinski definition) is 2. The topological polar surface area (TPSA) is 122 Å². The first kappa shape index (κ1) is 22.4. The SMILES string of the molecule is CS(=O)(=O)c1cc([N+](=O)[O-])ccc1N=Nc1ccc(O)c2cccc(-c3cccc(S)c3)c12. The number of azo groups is 1. The highest BCUT2D eigenvalue weighted by Gasteiger charge is 2.19. The van der Waals surface area contributed by atoms with Crippen LogP contribution < -0.4 is 0 Å². The number of aromatic hydroxyl groups is 1. The van der Waals surface area contributed by atoms with E-state index in [1.54, 1.807) is 12.1 Å². The Kier molecular flexibility index (Phi) is 5.88. The van der Waals surface area contributed by atoms with Crippen LogP contribution in [0.2, 0.25) is 0 Å². The summed E-state index contributed by atoms with van der Waals surface area (Å²) < 4.78 is 24.4. The first-order chi connectivity index (χ1) is 15.6. The van der Waals surface area contributed by atoms with Crippen LogP contribution in [0, 0.1) is 10.1 Å². The Hall–Kier alpha value is -3.76. The number of thiol groups is 1. The minimum Gasteiger partial charge on any atom is -0.507 e. The minimum absolute atomic E-state index is 0.0286. The molecule has 10 heteroatoms. The molecule has 0 saturated carbocycles. The normalized spacial score (nSPS) is 11.8. The molecule has 33 heavy (non-hydrogen) atoms. The number of benzene rings is 4. The van der Waals surface area contributed by atoms with Crippen LogP contribution in [0.4, 0.5) is 17.1 Å². The van der Waals surface area contributed by atoms with Crippen LogP contribution in [0.1, 0.15) is 0 Å². The average molecular weight is 480 g/mol. The van der Waals surface area contributed by atoms with Gasteiger partial charge in [0.1, 0.15) is 16.3 Å². The molecule has 4 aromatic rings. The second-order valence-corrected chi connectivity index (χ2v) is 9.76. The Morgan fingerprint density at radius 2 is 1.64 bits per heavy atom. The van der Waals surface area contributed by atoms with E-state index in [0.29, 0.717) is 16.5 Å². The molecule has 0 radical (unpaired) electrons. The Bertz CT molecular complexity index is 1550. The molecule has 0 heterocycles. The van der Waals surface area contributed by atoms with E-state index in [2.05, 4.69) is 22.9 Å². The van der Waals surface area contributed by atoms with Crippen molar-refractivity contribution in [1.29, 1.82) is 0 Å². The number of nitro benzene ring substituents is 1. The molecule has 0 aliphatic carbocycles. The summed E-state index contributed by atoms with van der Waals surface area (Å²) in [7, 11) is -3.81. The third-order valence-electron chi connectivity index (χ3n) is 4.97. The van der Waals surface area contributed by atoms with E-state index in [-0.39, 0.29) is 22.0 Å². The summed E-state index contributed by atoms with van der Waals surface area (Å²) in [6.07, 6.45) is 0.948. The highest BCUT2D eigenvalue weighted by atomic mass is 32.2. The first-order valence-electron chi connectivity index (χ1n) is 9.59. The minimum atomic E-state index is -3.81. The van der Waals surface area contributed by atoms with Gasteiger partial charge in [0.15, 0.2) is 9.84 Å². The largest absolute Gasteiger partial charge is 0.507 e. The van der Waals surface area contributed by atoms with Crippen molar-refractivity contribution in [1.82, 2.24) is 0 Å². The van der Waals surface area contributed by atoms with E-state index >= 15 is 0 Å². The van der Waals surface area contributed by atoms with Crippen molar-refractivity contribution in [3.05, 3.63) is 82.9 Å². The van der Waals surface area contributed by atoms with E-state index in [1.165, 1.54) is 18.2 Å². The van der Waals surface area contributed by atoms with Crippen molar-refractivity contribution < 1.29 is 18.4 Å². The highest BCUT2D eigenvalue weighted by Crippen LogP contribution is 2.41. The van der Waals surface area contributed by atoms with Crippen molar-refractivity contribution in [3.8, 4) is 16.9 Å². The number of sulfone groups is 1. The second kappa shape index (κ2) is 8.64. The zero-order valence-electron chi connectivity index (χ0n) is 17.2. The van der Waals surface area contributed by atoms with Crippen LogP contribution in [0.15, 0.2) is 92.8 Å². The molecule has 0 bridgehead atoms. The van der Waals surface area contributed by atoms with Crippen molar-refractivity contribution in [2.24, 2.45) is 10.2 Å². The lowest BCUT2D eigenvalue weighted by molar-refractivity contribution is -0.385. The van der Waals surface area contributed by atoms with Gasteiger partial charge in [0.05, 0.1) is 10.6 Å². The van der Waals surface area contributed by atoms with Gasteiger partial charge in [-0.3, -0.25) is 10.1 Å². The van der Waals surface area contributed by atoms with Gasteiger partial charge in [-0.25, -0.2) is 8.42 Å². The lowest BCUT2D eigenvalue weighted by atomic mass is 9.96. The van der Waals surface area contributed by atoms with Gasteiger partial charge >= 0.3 is 0 Å². The molecule has 0 amide bonds. The lowest BCUT2D eigenvalue weighted by Gasteiger charge is -2.11. The van der Waals surface area contributed by atoms with Crippen LogP contribution in [-0.2, 0) is 9.84 Å². The molecule has 4 aromatic carbocycles. The number of phenols is 1. The van der Waals surface area contributed by atoms with Crippen LogP contribution in [0.25, 0.3) is 21.9 Å². The summed E-state index contributed by atoms with van der Waals surface area (Å²) in [4.78, 5) is 10.9. The van der Waals surface area contributed by atoms with Crippen LogP contribution in [0.5, 0.6) is 5.75 Å². The number of nitro groups is 1. The summed E-state index contributed by atoms with van der Waals surface area (Å²) in [5.41, 5.74) is 1.63. The molecule has 1 N–H and O–H groups in total. The second-order valence-electron chi connectivity index (χ2n) is 7.26. The summed E-state index contributed by atoms with van der Waals surface area (Å²) >= 11 is 4.40. The number of hydrogen-bond acceptors (Lipinski definition) is 8. The third-order valence-corrected chi connectivity index (χ3v) is 6.38. The third kappa shape index (κ3) is 4.57. The molecule has 0 atom stereocenters. The molecule has 0 saturated heterocycles. The van der Waals surface area contributed by atoms with Crippen molar-refractivity contribution >= 4 is 50.3 Å². The van der Waals surface area contributed by atoms with Gasteiger partial charge in [-0.1, -0.05) is 30.3 Å². The van der Waals surface area contributed by atoms with E-state index in [0.717, 1.165) is 28.3 Å². The lowest BCUT2D eigenvalue weighted by Crippen LogP contribution is -1.99. The summed E-state index contributed by atoms with van der Waals surface area (Å²) in [5, 5.41) is 31.0. The maximum atomic E-state index is 12.2. The molecular weight excluding hydrogens is 462 g/mol. The Balaban J connectivity index is 1.92. The molecule has 0 aliphatic rings. The van der Waals surface area contributed by atoms with E-state index < -0.39 is 14.8 Å². The molecule has 0 aliphatic heterocycles. The predicted octanol–water partition coefficient (Wildman–Crippen LogP) is 6.23. The summed E-state index contributed by atoms with van der Waals surface area (Å²) in [6, 6.07) is 19.3. The van der Waals surface area contributed by atoms with Gasteiger partial charge in [-0.15, -0.1) is 22.9 Å². The monoisotopic (exact) mass is 479 g/mol. The van der Waals surface area contributed by atoms with E-state index in [9.17, 15) is 23.6 Å². The van der Waals surface area contributed by atoms with E-state index in [1.807, 2.05) is 36.4 Å². The van der Waals surface area contributed by atoms with Crippen LogP contribution in [-0.4, -0.2) is 24.7 Å². The number of nitrogens with zero attached hydrogens (tertiary/aromatic N) is 3. The Labute approximate surface area is 194 Å². The Morgan fingerprint density at radius 3 is 2.33 bits per heavy atom. The van der Waals surface area contributed by atoms with Gasteiger partial charge < -0.3 is 5.11 Å². The number of fused-ring (bicyclic) bond motifs is 1. The van der Waals surface area contributed by atoms with Crippen LogP contribution >= 0.6 is 12.6 Å². The fourth-order valence-corrected chi connectivity index (χ4v) is 4.52. The average Bonchev–Trinajstić information content (AvgIpc) is 2.77. The molecule has 4 rings (SSSR count). The van der Waals surface area contributed by atoms with Gasteiger partial charge in [-0.05, 0) is 41.5 Å². The zero-order chi connectivity index (χ0) is 23.8. The van der Waals surface area contributed by atoms with Crippen molar-refractivity contribution in [2.45, 2.75) is 9.79 Å². The molecular formula is C23H17N3O5S2. The molecule has 0 aromatic heterocycles. The number of rotatable bonds is 5. The predicted molar refractivity (Wildman–Crippen MR) is 129 cm³/mol. The molecule has 0 spiro atoms. The smallest absolute Gasteiger partial charge is 0.270 e. The maximum Gasteiger partial charge on any atom is 0.270 e. The first-order valence-corrected chi connectivity index (χ1v) is 11.9. The molecule has 166 valence electrons. The van der Waals surface area contributed by atoms with Crippen molar-refractivity contribution in [2.75, 3.05) is 6.26 Å². The standard InChI is InChI=1S/C23H17N3O5S2/c1-33(30,31)22-13-15(26(28)29)8-9-19(22)24-25-20-10-11-21(27)18-7-3-6-17(23(18)20)14-4-2-5-16(32)12-14/h2-13,27,32H,1H3. The fourth-order valence-electron chi connectivity index (χ4n) is 3.47. The molecule has 0 fully saturated rings. The fraction of sp³-hybridized carbons (Fsp3) is 0.0435. The van der Waals surface area contributed by atoms with Gasteiger partial charge in [-0.2, -0.15) is 0 Å². The Morgan fingerprint density at radius 1 is 0.939 bits per heavy atom. The van der Waals surface area contributed by atoms with Gasteiger partial charge in [0, 0.05) is 34.1 Å². The zero-order valence-corrected chi connectivity index (χ0v) is 18.9. The van der Waals surface area contributed by atoms with Crippen molar-refractivity contribution in [3.63, 3.8) is 0 Å². The summed E-state index contributed by atoms with van der Waals surface area (Å²) in [5.74, 6) is 0.0555. The number of non-ortho nitro benzene ring substituents is 1. The van der Waals surface area contributed by atoms with Crippen LogP contribution in [0.3, 0.4) is 0 Å². The number of phenolic OH excluding ortho intramolecular Hbond substituents is 1. The van der Waals surface area contributed by atoms with Gasteiger partial charge in [0.2, 0.25) is 0 Å². The summed E-state index contributed by atoms with van der Waals surface area (Å²) in [6.45, 7) is 0. The quantitative estimate of drug-likeness (QED) is 0.152. The maximum absolute atomic E-state index is 12.2. The van der Waals surface area contributed by atoms with E-state index in [4.69, 9.17) is 0 Å². The van der Waals surface area contributed by atoms with Gasteiger partial charge in [0.25, 0.3) is 5.69 Å².